The first-order chi connectivity index (χ1) is 12.3. The lowest BCUT2D eigenvalue weighted by atomic mass is 10.0. The summed E-state index contributed by atoms with van der Waals surface area (Å²) in [6, 6.07) is 8.69. The standard InChI is InChI=1S/C18H23FN4O2/c19-15-4-2-1-3-13(15)5-7-20-17-11-16(14-6-10-25-12-14)22-18(23-17)21-8-9-24/h1-4,11,14,24H,5-10,12H2,(H2,20,21,22,23)/t14-/m0/s1. The minimum atomic E-state index is -0.193. The average Bonchev–Trinajstić information content (AvgIpc) is 3.16. The second-order valence-corrected chi connectivity index (χ2v) is 5.98. The number of ether oxygens (including phenoxy) is 1. The molecular formula is C18H23FN4O2. The van der Waals surface area contributed by atoms with E-state index >= 15 is 0 Å². The third-order valence-electron chi connectivity index (χ3n) is 4.15. The topological polar surface area (TPSA) is 79.3 Å². The van der Waals surface area contributed by atoms with E-state index in [4.69, 9.17) is 9.84 Å². The molecule has 0 unspecified atom stereocenters. The number of rotatable bonds is 8. The van der Waals surface area contributed by atoms with Crippen molar-refractivity contribution in [2.75, 3.05) is 43.5 Å². The molecular weight excluding hydrogens is 323 g/mol. The lowest BCUT2D eigenvalue weighted by molar-refractivity contribution is 0.193. The summed E-state index contributed by atoms with van der Waals surface area (Å²) in [5.74, 6) is 1.23. The lowest BCUT2D eigenvalue weighted by Gasteiger charge is -2.13. The van der Waals surface area contributed by atoms with Crippen LogP contribution in [0.5, 0.6) is 0 Å². The number of hydrogen-bond donors (Lipinski definition) is 3. The third-order valence-corrected chi connectivity index (χ3v) is 4.15. The van der Waals surface area contributed by atoms with E-state index in [1.54, 1.807) is 12.1 Å². The van der Waals surface area contributed by atoms with Gasteiger partial charge < -0.3 is 20.5 Å². The molecule has 0 saturated carbocycles. The molecule has 1 aliphatic heterocycles. The van der Waals surface area contributed by atoms with Crippen molar-refractivity contribution in [3.63, 3.8) is 0 Å². The number of nitrogens with zero attached hydrogens (tertiary/aromatic N) is 2. The van der Waals surface area contributed by atoms with Crippen LogP contribution in [0, 0.1) is 5.82 Å². The van der Waals surface area contributed by atoms with E-state index in [-0.39, 0.29) is 18.3 Å². The molecule has 1 aliphatic rings. The SMILES string of the molecule is OCCNc1nc(NCCc2ccccc2F)cc([C@H]2CCOC2)n1. The molecule has 7 heteroatoms. The van der Waals surface area contributed by atoms with Gasteiger partial charge in [0.1, 0.15) is 11.6 Å². The van der Waals surface area contributed by atoms with Crippen LogP contribution in [0.4, 0.5) is 16.2 Å². The summed E-state index contributed by atoms with van der Waals surface area (Å²) < 4.78 is 19.1. The number of anilines is 2. The molecule has 25 heavy (non-hydrogen) atoms. The molecule has 134 valence electrons. The van der Waals surface area contributed by atoms with Crippen LogP contribution < -0.4 is 10.6 Å². The normalized spacial score (nSPS) is 16.8. The van der Waals surface area contributed by atoms with E-state index in [0.29, 0.717) is 43.4 Å². The Morgan fingerprint density at radius 1 is 1.20 bits per heavy atom. The van der Waals surface area contributed by atoms with Crippen molar-refractivity contribution in [2.45, 2.75) is 18.8 Å². The molecule has 0 spiro atoms. The van der Waals surface area contributed by atoms with Crippen LogP contribution in [-0.2, 0) is 11.2 Å². The number of benzene rings is 1. The largest absolute Gasteiger partial charge is 0.395 e. The Labute approximate surface area is 146 Å². The molecule has 1 saturated heterocycles. The van der Waals surface area contributed by atoms with Gasteiger partial charge in [-0.05, 0) is 24.5 Å². The van der Waals surface area contributed by atoms with E-state index in [2.05, 4.69) is 20.6 Å². The van der Waals surface area contributed by atoms with E-state index < -0.39 is 0 Å². The van der Waals surface area contributed by atoms with Gasteiger partial charge in [-0.3, -0.25) is 0 Å². The monoisotopic (exact) mass is 346 g/mol. The number of halogens is 1. The third kappa shape index (κ3) is 4.87. The van der Waals surface area contributed by atoms with Crippen LogP contribution in [-0.4, -0.2) is 48.0 Å². The molecule has 0 amide bonds. The summed E-state index contributed by atoms with van der Waals surface area (Å²) in [4.78, 5) is 8.94. The quantitative estimate of drug-likeness (QED) is 0.680. The second kappa shape index (κ2) is 8.73. The average molecular weight is 346 g/mol. The second-order valence-electron chi connectivity index (χ2n) is 5.98. The zero-order valence-corrected chi connectivity index (χ0v) is 14.0. The molecule has 1 aromatic carbocycles. The summed E-state index contributed by atoms with van der Waals surface area (Å²) >= 11 is 0. The highest BCUT2D eigenvalue weighted by Crippen LogP contribution is 2.26. The van der Waals surface area contributed by atoms with Crippen LogP contribution in [0.3, 0.4) is 0 Å². The molecule has 1 fully saturated rings. The maximum absolute atomic E-state index is 13.7. The Kier molecular flexibility index (Phi) is 6.14. The van der Waals surface area contributed by atoms with Gasteiger partial charge >= 0.3 is 0 Å². The van der Waals surface area contributed by atoms with E-state index in [0.717, 1.165) is 18.7 Å². The first-order valence-electron chi connectivity index (χ1n) is 8.55. The number of aromatic nitrogens is 2. The molecule has 2 aromatic rings. The van der Waals surface area contributed by atoms with Crippen molar-refractivity contribution in [3.8, 4) is 0 Å². The Bertz CT molecular complexity index is 693. The first-order valence-corrected chi connectivity index (χ1v) is 8.55. The summed E-state index contributed by atoms with van der Waals surface area (Å²) in [7, 11) is 0. The van der Waals surface area contributed by atoms with Gasteiger partial charge in [-0.1, -0.05) is 18.2 Å². The number of nitrogens with one attached hydrogen (secondary N) is 2. The van der Waals surface area contributed by atoms with Gasteiger partial charge in [0, 0.05) is 31.7 Å². The van der Waals surface area contributed by atoms with Crippen molar-refractivity contribution in [1.82, 2.24) is 9.97 Å². The highest BCUT2D eigenvalue weighted by Gasteiger charge is 2.20. The molecule has 1 atom stereocenters. The summed E-state index contributed by atoms with van der Waals surface area (Å²) in [6.07, 6.45) is 1.50. The number of aliphatic hydroxyl groups excluding tert-OH is 1. The zero-order chi connectivity index (χ0) is 17.5. The zero-order valence-electron chi connectivity index (χ0n) is 14.0. The van der Waals surface area contributed by atoms with Gasteiger partial charge in [0.2, 0.25) is 5.95 Å². The van der Waals surface area contributed by atoms with E-state index in [1.165, 1.54) is 6.07 Å². The van der Waals surface area contributed by atoms with Crippen molar-refractivity contribution in [3.05, 3.63) is 47.4 Å². The fourth-order valence-corrected chi connectivity index (χ4v) is 2.81. The van der Waals surface area contributed by atoms with Crippen LogP contribution in [0.1, 0.15) is 23.6 Å². The summed E-state index contributed by atoms with van der Waals surface area (Å²) in [5, 5.41) is 15.2. The Morgan fingerprint density at radius 2 is 2.08 bits per heavy atom. The highest BCUT2D eigenvalue weighted by molar-refractivity contribution is 5.43. The van der Waals surface area contributed by atoms with Gasteiger partial charge in [0.05, 0.1) is 18.9 Å². The van der Waals surface area contributed by atoms with Gasteiger partial charge in [0.25, 0.3) is 0 Å². The van der Waals surface area contributed by atoms with Gasteiger partial charge in [-0.25, -0.2) is 9.37 Å². The molecule has 0 aliphatic carbocycles. The van der Waals surface area contributed by atoms with Crippen LogP contribution >= 0.6 is 0 Å². The predicted molar refractivity (Wildman–Crippen MR) is 94.4 cm³/mol. The maximum Gasteiger partial charge on any atom is 0.224 e. The number of aliphatic hydroxyl groups is 1. The lowest BCUT2D eigenvalue weighted by Crippen LogP contribution is -2.14. The Hall–Kier alpha value is -2.25. The Morgan fingerprint density at radius 3 is 2.84 bits per heavy atom. The minimum Gasteiger partial charge on any atom is -0.395 e. The number of hydrogen-bond acceptors (Lipinski definition) is 6. The minimum absolute atomic E-state index is 0.0101. The van der Waals surface area contributed by atoms with Gasteiger partial charge in [-0.15, -0.1) is 0 Å². The molecule has 3 N–H and O–H groups in total. The van der Waals surface area contributed by atoms with Crippen molar-refractivity contribution in [1.29, 1.82) is 0 Å². The summed E-state index contributed by atoms with van der Waals surface area (Å²) in [6.45, 7) is 2.36. The first kappa shape index (κ1) is 17.6. The van der Waals surface area contributed by atoms with Crippen molar-refractivity contribution < 1.29 is 14.2 Å². The highest BCUT2D eigenvalue weighted by atomic mass is 19.1. The van der Waals surface area contributed by atoms with E-state index in [1.807, 2.05) is 12.1 Å². The fraction of sp³-hybridized carbons (Fsp3) is 0.444. The maximum atomic E-state index is 13.7. The van der Waals surface area contributed by atoms with Gasteiger partial charge in [-0.2, -0.15) is 4.98 Å². The smallest absolute Gasteiger partial charge is 0.224 e. The molecule has 3 rings (SSSR count). The fourth-order valence-electron chi connectivity index (χ4n) is 2.81. The van der Waals surface area contributed by atoms with Crippen LogP contribution in [0.15, 0.2) is 30.3 Å². The van der Waals surface area contributed by atoms with Crippen molar-refractivity contribution >= 4 is 11.8 Å². The summed E-state index contributed by atoms with van der Waals surface area (Å²) in [5.41, 5.74) is 1.59. The van der Waals surface area contributed by atoms with Crippen LogP contribution in [0.25, 0.3) is 0 Å². The molecule has 2 heterocycles. The van der Waals surface area contributed by atoms with Crippen LogP contribution in [0.2, 0.25) is 0 Å². The van der Waals surface area contributed by atoms with E-state index in [9.17, 15) is 4.39 Å². The molecule has 6 nitrogen and oxygen atoms in total. The molecule has 1 aromatic heterocycles. The van der Waals surface area contributed by atoms with Gasteiger partial charge in [0.15, 0.2) is 0 Å². The Balaban J connectivity index is 1.68. The molecule has 0 radical (unpaired) electrons. The van der Waals surface area contributed by atoms with Crippen molar-refractivity contribution in [2.24, 2.45) is 0 Å². The molecule has 0 bridgehead atoms. The predicted octanol–water partition coefficient (Wildman–Crippen LogP) is 2.18.